The molecule has 1 nitrogen and oxygen atoms in total. The zero-order valence-corrected chi connectivity index (χ0v) is 9.44. The van der Waals surface area contributed by atoms with E-state index in [0.717, 1.165) is 6.42 Å². The Kier molecular flexibility index (Phi) is 1.56. The standard InChI is InChI=1S/C10H15BrO/c1-9(2)6-4-7(11)10(9,3)8(12)5-6/h6-7H,4-5H2,1-3H3. The second-order valence-electron chi connectivity index (χ2n) is 4.95. The quantitative estimate of drug-likeness (QED) is 0.586. The van der Waals surface area contributed by atoms with E-state index in [4.69, 9.17) is 0 Å². The number of fused-ring (bicyclic) bond motifs is 2. The van der Waals surface area contributed by atoms with Crippen LogP contribution in [0.2, 0.25) is 0 Å². The second kappa shape index (κ2) is 2.14. The van der Waals surface area contributed by atoms with Crippen LogP contribution >= 0.6 is 15.9 Å². The highest BCUT2D eigenvalue weighted by Gasteiger charge is 2.65. The minimum Gasteiger partial charge on any atom is -0.299 e. The number of halogens is 1. The van der Waals surface area contributed by atoms with Gasteiger partial charge in [0.05, 0.1) is 0 Å². The Morgan fingerprint density at radius 3 is 2.25 bits per heavy atom. The van der Waals surface area contributed by atoms with E-state index >= 15 is 0 Å². The van der Waals surface area contributed by atoms with Crippen LogP contribution in [-0.2, 0) is 4.79 Å². The summed E-state index contributed by atoms with van der Waals surface area (Å²) >= 11 is 3.65. The predicted molar refractivity (Wildman–Crippen MR) is 52.3 cm³/mol. The smallest absolute Gasteiger partial charge is 0.140 e. The molecule has 0 aromatic rings. The Morgan fingerprint density at radius 2 is 2.00 bits per heavy atom. The van der Waals surface area contributed by atoms with E-state index in [2.05, 4.69) is 36.7 Å². The molecule has 2 aliphatic carbocycles. The molecule has 0 saturated heterocycles. The third-order valence-electron chi connectivity index (χ3n) is 4.49. The Morgan fingerprint density at radius 1 is 1.42 bits per heavy atom. The molecule has 0 aliphatic heterocycles. The van der Waals surface area contributed by atoms with E-state index in [1.165, 1.54) is 6.42 Å². The molecule has 2 rings (SSSR count). The highest BCUT2D eigenvalue weighted by molar-refractivity contribution is 9.09. The minimum absolute atomic E-state index is 0.0995. The number of Topliss-reactive ketones (excluding diaryl/α,β-unsaturated/α-hetero) is 1. The van der Waals surface area contributed by atoms with Crippen molar-refractivity contribution >= 4 is 21.7 Å². The van der Waals surface area contributed by atoms with Crippen LogP contribution in [0, 0.1) is 16.7 Å². The first kappa shape index (κ1) is 8.74. The van der Waals surface area contributed by atoms with E-state index in [-0.39, 0.29) is 10.8 Å². The van der Waals surface area contributed by atoms with Crippen molar-refractivity contribution in [1.29, 1.82) is 0 Å². The summed E-state index contributed by atoms with van der Waals surface area (Å²) in [6.07, 6.45) is 1.99. The van der Waals surface area contributed by atoms with Gasteiger partial charge in [0.15, 0.2) is 0 Å². The van der Waals surface area contributed by atoms with Crippen molar-refractivity contribution in [2.24, 2.45) is 16.7 Å². The molecule has 0 spiro atoms. The van der Waals surface area contributed by atoms with Crippen molar-refractivity contribution in [3.63, 3.8) is 0 Å². The summed E-state index contributed by atoms with van der Waals surface area (Å²) in [4.78, 5) is 12.2. The Labute approximate surface area is 82.0 Å². The topological polar surface area (TPSA) is 17.1 Å². The third-order valence-corrected chi connectivity index (χ3v) is 5.78. The zero-order chi connectivity index (χ0) is 9.15. The first-order valence-electron chi connectivity index (χ1n) is 4.58. The van der Waals surface area contributed by atoms with Crippen molar-refractivity contribution < 1.29 is 4.79 Å². The van der Waals surface area contributed by atoms with Gasteiger partial charge in [0.25, 0.3) is 0 Å². The van der Waals surface area contributed by atoms with E-state index in [9.17, 15) is 4.79 Å². The molecule has 68 valence electrons. The Balaban J connectivity index is 2.51. The summed E-state index contributed by atoms with van der Waals surface area (Å²) in [5.41, 5.74) is 0.107. The van der Waals surface area contributed by atoms with Crippen molar-refractivity contribution in [2.45, 2.75) is 38.4 Å². The number of hydrogen-bond acceptors (Lipinski definition) is 1. The summed E-state index contributed by atoms with van der Waals surface area (Å²) in [6.45, 7) is 6.61. The highest BCUT2D eigenvalue weighted by atomic mass is 79.9. The van der Waals surface area contributed by atoms with Crippen molar-refractivity contribution in [1.82, 2.24) is 0 Å². The van der Waals surface area contributed by atoms with Crippen LogP contribution in [0.3, 0.4) is 0 Å². The number of carbonyl (C=O) groups is 1. The molecule has 0 amide bonds. The summed E-state index contributed by atoms with van der Waals surface area (Å²) in [7, 11) is 0. The molecule has 0 aromatic carbocycles. The molecule has 0 radical (unpaired) electrons. The highest BCUT2D eigenvalue weighted by Crippen LogP contribution is 2.65. The summed E-state index contributed by atoms with van der Waals surface area (Å²) in [5, 5.41) is 0. The molecule has 0 N–H and O–H groups in total. The molecule has 2 bridgehead atoms. The number of rotatable bonds is 0. The molecule has 2 saturated carbocycles. The molecule has 2 aliphatic rings. The summed E-state index contributed by atoms with van der Waals surface area (Å²) in [6, 6.07) is 0. The maximum atomic E-state index is 11.8. The fraction of sp³-hybridized carbons (Fsp3) is 0.900. The van der Waals surface area contributed by atoms with Gasteiger partial charge in [-0.2, -0.15) is 0 Å². The van der Waals surface area contributed by atoms with Crippen molar-refractivity contribution in [3.8, 4) is 0 Å². The second-order valence-corrected chi connectivity index (χ2v) is 6.06. The van der Waals surface area contributed by atoms with E-state index in [1.54, 1.807) is 0 Å². The van der Waals surface area contributed by atoms with E-state index in [0.29, 0.717) is 16.5 Å². The van der Waals surface area contributed by atoms with E-state index in [1.807, 2.05) is 0 Å². The fourth-order valence-electron chi connectivity index (χ4n) is 2.92. The number of carbonyl (C=O) groups excluding carboxylic acids is 1. The van der Waals surface area contributed by atoms with Crippen molar-refractivity contribution in [2.75, 3.05) is 0 Å². The number of ketones is 1. The molecule has 2 heteroatoms. The van der Waals surface area contributed by atoms with Crippen LogP contribution in [0.15, 0.2) is 0 Å². The fourth-order valence-corrected chi connectivity index (χ4v) is 4.21. The Bertz CT molecular complexity index is 246. The number of hydrogen-bond donors (Lipinski definition) is 0. The largest absolute Gasteiger partial charge is 0.299 e. The normalized spacial score (nSPS) is 50.2. The average Bonchev–Trinajstić information content (AvgIpc) is 2.20. The van der Waals surface area contributed by atoms with Gasteiger partial charge < -0.3 is 0 Å². The van der Waals surface area contributed by atoms with Gasteiger partial charge in [-0.3, -0.25) is 4.79 Å². The monoisotopic (exact) mass is 230 g/mol. The molecular weight excluding hydrogens is 216 g/mol. The molecule has 12 heavy (non-hydrogen) atoms. The Hall–Kier alpha value is 0.150. The van der Waals surface area contributed by atoms with Gasteiger partial charge in [-0.05, 0) is 17.8 Å². The first-order valence-corrected chi connectivity index (χ1v) is 5.49. The predicted octanol–water partition coefficient (Wildman–Crippen LogP) is 2.78. The van der Waals surface area contributed by atoms with Gasteiger partial charge in [-0.1, -0.05) is 36.7 Å². The van der Waals surface area contributed by atoms with Crippen LogP contribution in [0.5, 0.6) is 0 Å². The first-order chi connectivity index (χ1) is 5.40. The minimum atomic E-state index is -0.0995. The molecule has 0 heterocycles. The third kappa shape index (κ3) is 0.688. The lowest BCUT2D eigenvalue weighted by molar-refractivity contribution is -0.127. The molecule has 3 unspecified atom stereocenters. The van der Waals surface area contributed by atoms with Crippen LogP contribution in [0.4, 0.5) is 0 Å². The molecule has 0 aromatic heterocycles. The van der Waals surface area contributed by atoms with Crippen LogP contribution < -0.4 is 0 Å². The van der Waals surface area contributed by atoms with Gasteiger partial charge >= 0.3 is 0 Å². The van der Waals surface area contributed by atoms with Crippen LogP contribution in [0.1, 0.15) is 33.6 Å². The van der Waals surface area contributed by atoms with Crippen LogP contribution in [0.25, 0.3) is 0 Å². The number of alkyl halides is 1. The van der Waals surface area contributed by atoms with Crippen molar-refractivity contribution in [3.05, 3.63) is 0 Å². The van der Waals surface area contributed by atoms with E-state index < -0.39 is 0 Å². The van der Waals surface area contributed by atoms with Crippen LogP contribution in [-0.4, -0.2) is 10.6 Å². The zero-order valence-electron chi connectivity index (χ0n) is 7.86. The lowest BCUT2D eigenvalue weighted by atomic mass is 9.70. The SMILES string of the molecule is CC1(C)C2CC(=O)C1(C)C(Br)C2. The lowest BCUT2D eigenvalue weighted by Gasteiger charge is -2.35. The van der Waals surface area contributed by atoms with Gasteiger partial charge in [0, 0.05) is 16.7 Å². The summed E-state index contributed by atoms with van der Waals surface area (Å²) in [5.74, 6) is 1.07. The van der Waals surface area contributed by atoms with Gasteiger partial charge in [0.1, 0.15) is 5.78 Å². The lowest BCUT2D eigenvalue weighted by Crippen LogP contribution is -2.38. The summed E-state index contributed by atoms with van der Waals surface area (Å²) < 4.78 is 0. The van der Waals surface area contributed by atoms with Gasteiger partial charge in [-0.15, -0.1) is 0 Å². The molecule has 3 atom stereocenters. The van der Waals surface area contributed by atoms with Gasteiger partial charge in [-0.25, -0.2) is 0 Å². The average molecular weight is 231 g/mol. The molecule has 2 fully saturated rings. The maximum absolute atomic E-state index is 11.8. The van der Waals surface area contributed by atoms with Gasteiger partial charge in [0.2, 0.25) is 0 Å². The molecular formula is C10H15BrO. The maximum Gasteiger partial charge on any atom is 0.140 e.